The second kappa shape index (κ2) is 4.28. The fourth-order valence-electron chi connectivity index (χ4n) is 1.40. The molecular formula is C12H8O3S. The van der Waals surface area contributed by atoms with Crippen LogP contribution in [-0.4, -0.2) is 17.4 Å². The van der Waals surface area contributed by atoms with Crippen LogP contribution in [-0.2, 0) is 0 Å². The molecule has 2 rings (SSSR count). The van der Waals surface area contributed by atoms with Crippen LogP contribution in [0, 0.1) is 0 Å². The predicted molar refractivity (Wildman–Crippen MR) is 62.1 cm³/mol. The third-order valence-corrected chi connectivity index (χ3v) is 3.33. The maximum Gasteiger partial charge on any atom is 0.346 e. The average molecular weight is 232 g/mol. The summed E-state index contributed by atoms with van der Waals surface area (Å²) in [6.45, 7) is 0. The van der Waals surface area contributed by atoms with Gasteiger partial charge < -0.3 is 5.11 Å². The van der Waals surface area contributed by atoms with Crippen LogP contribution in [0.3, 0.4) is 0 Å². The van der Waals surface area contributed by atoms with Gasteiger partial charge in [-0.2, -0.15) is 0 Å². The molecule has 0 saturated carbocycles. The Morgan fingerprint density at radius 3 is 2.44 bits per heavy atom. The van der Waals surface area contributed by atoms with Gasteiger partial charge in [0, 0.05) is 10.4 Å². The largest absolute Gasteiger partial charge is 0.477 e. The molecule has 0 aliphatic rings. The Bertz CT molecular complexity index is 528. The van der Waals surface area contributed by atoms with Crippen molar-refractivity contribution >= 4 is 23.6 Å². The fraction of sp³-hybridized carbons (Fsp3) is 0. The van der Waals surface area contributed by atoms with E-state index in [1.165, 1.54) is 0 Å². The second-order valence-corrected chi connectivity index (χ2v) is 4.24. The van der Waals surface area contributed by atoms with Crippen LogP contribution in [0.25, 0.3) is 10.4 Å². The van der Waals surface area contributed by atoms with Gasteiger partial charge >= 0.3 is 5.97 Å². The van der Waals surface area contributed by atoms with Gasteiger partial charge in [-0.25, -0.2) is 4.79 Å². The number of carboxylic acid groups (broad SMARTS) is 1. The number of rotatable bonds is 3. The number of hydrogen-bond acceptors (Lipinski definition) is 3. The lowest BCUT2D eigenvalue weighted by molar-refractivity contribution is 0.0699. The highest BCUT2D eigenvalue weighted by atomic mass is 32.1. The zero-order chi connectivity index (χ0) is 11.5. The average Bonchev–Trinajstić information content (AvgIpc) is 2.74. The van der Waals surface area contributed by atoms with Crippen molar-refractivity contribution in [2.24, 2.45) is 0 Å². The van der Waals surface area contributed by atoms with Gasteiger partial charge in [0.2, 0.25) is 0 Å². The van der Waals surface area contributed by atoms with Crippen LogP contribution in [0.15, 0.2) is 36.4 Å². The molecule has 0 amide bonds. The summed E-state index contributed by atoms with van der Waals surface area (Å²) in [6.07, 6.45) is 0.576. The summed E-state index contributed by atoms with van der Waals surface area (Å²) in [5.74, 6) is -1.06. The number of aldehydes is 1. The van der Waals surface area contributed by atoms with Crippen LogP contribution in [0.4, 0.5) is 0 Å². The number of carboxylic acids is 1. The molecule has 0 atom stereocenters. The van der Waals surface area contributed by atoms with Gasteiger partial charge in [-0.15, -0.1) is 11.3 Å². The van der Waals surface area contributed by atoms with Crippen molar-refractivity contribution in [2.75, 3.05) is 0 Å². The highest BCUT2D eigenvalue weighted by molar-refractivity contribution is 7.17. The lowest BCUT2D eigenvalue weighted by atomic mass is 10.1. The Kier molecular flexibility index (Phi) is 2.83. The Balaban J connectivity index is 2.52. The first-order chi connectivity index (χ1) is 7.72. The Morgan fingerprint density at radius 2 is 1.94 bits per heavy atom. The predicted octanol–water partition coefficient (Wildman–Crippen LogP) is 2.93. The molecule has 16 heavy (non-hydrogen) atoms. The topological polar surface area (TPSA) is 54.4 Å². The minimum absolute atomic E-state index is 0.0915. The number of aromatic carboxylic acids is 1. The van der Waals surface area contributed by atoms with Crippen molar-refractivity contribution in [2.45, 2.75) is 0 Å². The lowest BCUT2D eigenvalue weighted by Crippen LogP contribution is -1.95. The smallest absolute Gasteiger partial charge is 0.346 e. The molecule has 1 N–H and O–H groups in total. The lowest BCUT2D eigenvalue weighted by Gasteiger charge is -1.93. The molecule has 0 radical (unpaired) electrons. The molecule has 0 spiro atoms. The molecule has 0 aliphatic heterocycles. The van der Waals surface area contributed by atoms with Gasteiger partial charge in [0.15, 0.2) is 6.29 Å². The van der Waals surface area contributed by atoms with Gasteiger partial charge in [0.1, 0.15) is 4.88 Å². The highest BCUT2D eigenvalue weighted by Crippen LogP contribution is 2.30. The molecule has 3 nitrogen and oxygen atoms in total. The van der Waals surface area contributed by atoms with E-state index in [9.17, 15) is 9.59 Å². The van der Waals surface area contributed by atoms with Crippen molar-refractivity contribution in [3.63, 3.8) is 0 Å². The molecule has 2 aromatic rings. The summed E-state index contributed by atoms with van der Waals surface area (Å²) in [5, 5.41) is 8.91. The van der Waals surface area contributed by atoms with E-state index in [1.807, 2.05) is 30.3 Å². The molecule has 1 aromatic heterocycles. The fourth-order valence-corrected chi connectivity index (χ4v) is 2.38. The maximum atomic E-state index is 10.9. The number of carbonyl (C=O) groups is 2. The first-order valence-electron chi connectivity index (χ1n) is 4.60. The third-order valence-electron chi connectivity index (χ3n) is 2.14. The van der Waals surface area contributed by atoms with E-state index < -0.39 is 5.97 Å². The van der Waals surface area contributed by atoms with Crippen molar-refractivity contribution in [3.8, 4) is 10.4 Å². The molecule has 1 heterocycles. The summed E-state index contributed by atoms with van der Waals surface area (Å²) in [6, 6.07) is 11.0. The quantitative estimate of drug-likeness (QED) is 0.828. The molecule has 4 heteroatoms. The van der Waals surface area contributed by atoms with E-state index in [1.54, 1.807) is 6.07 Å². The molecule has 80 valence electrons. The Morgan fingerprint density at radius 1 is 1.25 bits per heavy atom. The SMILES string of the molecule is O=Cc1cc(-c2ccccc2)sc1C(=O)O. The first-order valence-corrected chi connectivity index (χ1v) is 5.41. The van der Waals surface area contributed by atoms with Gasteiger partial charge in [-0.1, -0.05) is 30.3 Å². The van der Waals surface area contributed by atoms with Crippen LogP contribution in [0.1, 0.15) is 20.0 Å². The highest BCUT2D eigenvalue weighted by Gasteiger charge is 2.15. The van der Waals surface area contributed by atoms with Gasteiger partial charge in [0.25, 0.3) is 0 Å². The van der Waals surface area contributed by atoms with E-state index in [-0.39, 0.29) is 10.4 Å². The molecule has 0 unspecified atom stereocenters. The Labute approximate surface area is 96.0 Å². The molecule has 1 aromatic carbocycles. The van der Waals surface area contributed by atoms with Crippen LogP contribution < -0.4 is 0 Å². The maximum absolute atomic E-state index is 10.9. The summed E-state index contributed by atoms with van der Waals surface area (Å²) < 4.78 is 0. The van der Waals surface area contributed by atoms with Crippen molar-refractivity contribution in [1.29, 1.82) is 0 Å². The van der Waals surface area contributed by atoms with E-state index >= 15 is 0 Å². The number of hydrogen-bond donors (Lipinski definition) is 1. The number of benzene rings is 1. The zero-order valence-electron chi connectivity index (χ0n) is 8.21. The van der Waals surface area contributed by atoms with E-state index in [0.717, 1.165) is 21.8 Å². The second-order valence-electron chi connectivity index (χ2n) is 3.18. The number of carbonyl (C=O) groups excluding carboxylic acids is 1. The molecule has 0 fully saturated rings. The number of thiophene rings is 1. The van der Waals surface area contributed by atoms with Crippen LogP contribution in [0.2, 0.25) is 0 Å². The summed E-state index contributed by atoms with van der Waals surface area (Å²) in [4.78, 5) is 22.5. The zero-order valence-corrected chi connectivity index (χ0v) is 9.03. The standard InChI is InChI=1S/C12H8O3S/c13-7-9-6-10(16-11(9)12(14)15)8-4-2-1-3-5-8/h1-7H,(H,14,15). The first kappa shape index (κ1) is 10.6. The van der Waals surface area contributed by atoms with E-state index in [2.05, 4.69) is 0 Å². The minimum Gasteiger partial charge on any atom is -0.477 e. The van der Waals surface area contributed by atoms with Crippen LogP contribution >= 0.6 is 11.3 Å². The summed E-state index contributed by atoms with van der Waals surface area (Å²) in [7, 11) is 0. The minimum atomic E-state index is -1.06. The molecule has 0 aliphatic carbocycles. The van der Waals surface area contributed by atoms with Crippen molar-refractivity contribution in [3.05, 3.63) is 46.8 Å². The van der Waals surface area contributed by atoms with Crippen LogP contribution in [0.5, 0.6) is 0 Å². The van der Waals surface area contributed by atoms with Crippen molar-refractivity contribution in [1.82, 2.24) is 0 Å². The van der Waals surface area contributed by atoms with E-state index in [0.29, 0.717) is 6.29 Å². The van der Waals surface area contributed by atoms with Gasteiger partial charge in [-0.3, -0.25) is 4.79 Å². The third kappa shape index (κ3) is 1.87. The molecular weight excluding hydrogens is 224 g/mol. The molecule has 0 bridgehead atoms. The van der Waals surface area contributed by atoms with Crippen molar-refractivity contribution < 1.29 is 14.7 Å². The Hall–Kier alpha value is -1.94. The summed E-state index contributed by atoms with van der Waals surface area (Å²) >= 11 is 1.11. The van der Waals surface area contributed by atoms with E-state index in [4.69, 9.17) is 5.11 Å². The molecule has 0 saturated heterocycles. The monoisotopic (exact) mass is 232 g/mol. The summed E-state index contributed by atoms with van der Waals surface area (Å²) in [5.41, 5.74) is 1.15. The van der Waals surface area contributed by atoms with Gasteiger partial charge in [-0.05, 0) is 11.6 Å². The normalized spacial score (nSPS) is 10.0. The van der Waals surface area contributed by atoms with Gasteiger partial charge in [0.05, 0.1) is 0 Å².